The molecule has 2 heterocycles. The van der Waals surface area contributed by atoms with Crippen LogP contribution in [0.1, 0.15) is 15.9 Å². The van der Waals surface area contributed by atoms with E-state index in [1.807, 2.05) is 48.5 Å². The van der Waals surface area contributed by atoms with Crippen molar-refractivity contribution in [2.24, 2.45) is 0 Å². The van der Waals surface area contributed by atoms with Crippen molar-refractivity contribution >= 4 is 27.8 Å². The monoisotopic (exact) mass is 467 g/mol. The van der Waals surface area contributed by atoms with Crippen LogP contribution in [-0.2, 0) is 11.3 Å². The molecule has 0 N–H and O–H groups in total. The fourth-order valence-electron chi connectivity index (χ4n) is 3.93. The summed E-state index contributed by atoms with van der Waals surface area (Å²) < 4.78 is 21.4. The normalized spacial score (nSPS) is 10.9. The minimum atomic E-state index is -0.534. The summed E-state index contributed by atoms with van der Waals surface area (Å²) >= 11 is 0. The molecule has 0 radical (unpaired) electrons. The van der Waals surface area contributed by atoms with Gasteiger partial charge in [0.15, 0.2) is 0 Å². The Labute approximate surface area is 200 Å². The van der Waals surface area contributed by atoms with Gasteiger partial charge in [0, 0.05) is 34.0 Å². The maximum atomic E-state index is 13.2. The molecule has 0 atom stereocenters. The maximum Gasteiger partial charge on any atom is 0.339 e. The zero-order chi connectivity index (χ0) is 24.4. The topological polar surface area (TPSA) is 87.9 Å². The first-order valence-corrected chi connectivity index (χ1v) is 10.9. The third-order valence-electron chi connectivity index (χ3n) is 5.72. The van der Waals surface area contributed by atoms with E-state index in [2.05, 4.69) is 0 Å². The molecule has 0 aliphatic heterocycles. The van der Waals surface area contributed by atoms with Crippen LogP contribution in [0, 0.1) is 0 Å². The summed E-state index contributed by atoms with van der Waals surface area (Å²) in [7, 11) is 3.14. The van der Waals surface area contributed by atoms with E-state index in [1.165, 1.54) is 13.2 Å². The van der Waals surface area contributed by atoms with Gasteiger partial charge in [-0.1, -0.05) is 18.2 Å². The van der Waals surface area contributed by atoms with Gasteiger partial charge in [0.2, 0.25) is 0 Å². The smallest absolute Gasteiger partial charge is 0.339 e. The lowest BCUT2D eigenvalue weighted by Crippen LogP contribution is -2.09. The molecule has 0 saturated carbocycles. The Morgan fingerprint density at radius 1 is 0.857 bits per heavy atom. The molecule has 5 aromatic rings. The van der Waals surface area contributed by atoms with Crippen LogP contribution >= 0.6 is 0 Å². The molecule has 0 fully saturated rings. The van der Waals surface area contributed by atoms with Crippen molar-refractivity contribution in [3.05, 3.63) is 100 Å². The van der Waals surface area contributed by atoms with Crippen molar-refractivity contribution in [1.82, 2.24) is 4.98 Å². The summed E-state index contributed by atoms with van der Waals surface area (Å²) in [5.41, 5.74) is 2.90. The van der Waals surface area contributed by atoms with Crippen LogP contribution in [0.3, 0.4) is 0 Å². The third kappa shape index (κ3) is 4.44. The molecule has 0 spiro atoms. The average molecular weight is 467 g/mol. The Morgan fingerprint density at radius 2 is 1.60 bits per heavy atom. The van der Waals surface area contributed by atoms with Crippen molar-refractivity contribution in [1.29, 1.82) is 0 Å². The van der Waals surface area contributed by atoms with Crippen LogP contribution in [0.5, 0.6) is 11.5 Å². The number of esters is 1. The average Bonchev–Trinajstić information content (AvgIpc) is 2.90. The number of pyridine rings is 1. The minimum absolute atomic E-state index is 0.0955. The van der Waals surface area contributed by atoms with Gasteiger partial charge in [-0.25, -0.2) is 14.6 Å². The first kappa shape index (κ1) is 22.2. The van der Waals surface area contributed by atoms with Crippen LogP contribution < -0.4 is 15.1 Å². The van der Waals surface area contributed by atoms with Gasteiger partial charge >= 0.3 is 11.6 Å². The minimum Gasteiger partial charge on any atom is -0.497 e. The van der Waals surface area contributed by atoms with E-state index in [-0.39, 0.29) is 6.61 Å². The quantitative estimate of drug-likeness (QED) is 0.245. The predicted molar refractivity (Wildman–Crippen MR) is 132 cm³/mol. The second kappa shape index (κ2) is 9.30. The first-order valence-electron chi connectivity index (χ1n) is 10.9. The van der Waals surface area contributed by atoms with Crippen LogP contribution in [0.25, 0.3) is 33.1 Å². The molecular weight excluding hydrogens is 446 g/mol. The molecule has 7 heteroatoms. The lowest BCUT2D eigenvalue weighted by atomic mass is 10.0. The zero-order valence-electron chi connectivity index (χ0n) is 19.1. The number of ether oxygens (including phenoxy) is 3. The highest BCUT2D eigenvalue weighted by molar-refractivity contribution is 6.04. The number of hydrogen-bond acceptors (Lipinski definition) is 7. The van der Waals surface area contributed by atoms with E-state index in [1.54, 1.807) is 31.4 Å². The molecule has 0 saturated heterocycles. The highest BCUT2D eigenvalue weighted by Gasteiger charge is 2.17. The first-order chi connectivity index (χ1) is 17.1. The van der Waals surface area contributed by atoms with Crippen molar-refractivity contribution < 1.29 is 23.4 Å². The highest BCUT2D eigenvalue weighted by atomic mass is 16.5. The van der Waals surface area contributed by atoms with Gasteiger partial charge in [-0.2, -0.15) is 0 Å². The molecule has 0 bridgehead atoms. The SMILES string of the molecule is COc1ccc(-c2cc(C(=O)OCc3cc(=O)oc4cc(OC)ccc34)c3ccccc3n2)cc1. The number of rotatable bonds is 6. The number of methoxy groups -OCH3 is 2. The molecule has 35 heavy (non-hydrogen) atoms. The summed E-state index contributed by atoms with van der Waals surface area (Å²) in [6.07, 6.45) is 0. The van der Waals surface area contributed by atoms with Gasteiger partial charge in [-0.15, -0.1) is 0 Å². The zero-order valence-corrected chi connectivity index (χ0v) is 19.1. The fraction of sp³-hybridized carbons (Fsp3) is 0.107. The van der Waals surface area contributed by atoms with Gasteiger partial charge < -0.3 is 18.6 Å². The van der Waals surface area contributed by atoms with Gasteiger partial charge in [-0.05, 0) is 48.5 Å². The summed E-state index contributed by atoms with van der Waals surface area (Å²) in [5.74, 6) is 0.767. The molecule has 3 aromatic carbocycles. The van der Waals surface area contributed by atoms with Crippen LogP contribution in [0.15, 0.2) is 88.1 Å². The lowest BCUT2D eigenvalue weighted by Gasteiger charge is -2.11. The largest absolute Gasteiger partial charge is 0.497 e. The van der Waals surface area contributed by atoms with E-state index in [4.69, 9.17) is 23.6 Å². The van der Waals surface area contributed by atoms with E-state index in [9.17, 15) is 9.59 Å². The van der Waals surface area contributed by atoms with Crippen LogP contribution in [0.4, 0.5) is 0 Å². The number of benzene rings is 3. The Morgan fingerprint density at radius 3 is 2.37 bits per heavy atom. The molecule has 0 aliphatic carbocycles. The van der Waals surface area contributed by atoms with Gasteiger partial charge in [0.25, 0.3) is 0 Å². The Kier molecular flexibility index (Phi) is 5.89. The molecule has 0 aliphatic rings. The number of carbonyl (C=O) groups is 1. The Hall–Kier alpha value is -4.65. The Bertz CT molecular complexity index is 1600. The van der Waals surface area contributed by atoms with Crippen LogP contribution in [-0.4, -0.2) is 25.2 Å². The van der Waals surface area contributed by atoms with E-state index in [0.717, 1.165) is 11.3 Å². The molecule has 2 aromatic heterocycles. The number of nitrogens with zero attached hydrogens (tertiary/aromatic N) is 1. The van der Waals surface area contributed by atoms with Crippen molar-refractivity contribution in [3.8, 4) is 22.8 Å². The molecular formula is C28H21NO6. The second-order valence-electron chi connectivity index (χ2n) is 7.83. The third-order valence-corrected chi connectivity index (χ3v) is 5.72. The molecule has 174 valence electrons. The van der Waals surface area contributed by atoms with E-state index >= 15 is 0 Å². The van der Waals surface area contributed by atoms with Crippen LogP contribution in [0.2, 0.25) is 0 Å². The number of carbonyl (C=O) groups excluding carboxylic acids is 1. The number of hydrogen-bond donors (Lipinski definition) is 0. The number of aromatic nitrogens is 1. The summed E-state index contributed by atoms with van der Waals surface area (Å²) in [6.45, 7) is -0.0955. The van der Waals surface area contributed by atoms with E-state index in [0.29, 0.717) is 44.4 Å². The second-order valence-corrected chi connectivity index (χ2v) is 7.83. The number of fused-ring (bicyclic) bond motifs is 2. The predicted octanol–water partition coefficient (Wildman–Crippen LogP) is 5.38. The van der Waals surface area contributed by atoms with Gasteiger partial charge in [-0.3, -0.25) is 0 Å². The van der Waals surface area contributed by atoms with Gasteiger partial charge in [0.1, 0.15) is 23.7 Å². The van der Waals surface area contributed by atoms with Crippen molar-refractivity contribution in [2.45, 2.75) is 6.61 Å². The molecule has 0 amide bonds. The summed E-state index contributed by atoms with van der Waals surface area (Å²) in [6, 6.07) is 23.0. The Balaban J connectivity index is 1.50. The fourth-order valence-corrected chi connectivity index (χ4v) is 3.93. The van der Waals surface area contributed by atoms with E-state index < -0.39 is 11.6 Å². The number of para-hydroxylation sites is 1. The highest BCUT2D eigenvalue weighted by Crippen LogP contribution is 2.28. The standard InChI is InChI=1S/C28H21NO6/c1-32-19-9-7-17(8-10-19)25-15-23(22-5-3-4-6-24(22)29-25)28(31)34-16-18-13-27(30)35-26-14-20(33-2)11-12-21(18)26/h3-15H,16H2,1-2H3. The molecule has 5 rings (SSSR count). The summed E-state index contributed by atoms with van der Waals surface area (Å²) in [5, 5.41) is 1.34. The molecule has 7 nitrogen and oxygen atoms in total. The molecule has 0 unspecified atom stereocenters. The lowest BCUT2D eigenvalue weighted by molar-refractivity contribution is 0.0476. The van der Waals surface area contributed by atoms with Crippen molar-refractivity contribution in [2.75, 3.05) is 14.2 Å². The maximum absolute atomic E-state index is 13.2. The van der Waals surface area contributed by atoms with Gasteiger partial charge in [0.05, 0.1) is 31.0 Å². The summed E-state index contributed by atoms with van der Waals surface area (Å²) in [4.78, 5) is 30.0. The van der Waals surface area contributed by atoms with Crippen molar-refractivity contribution in [3.63, 3.8) is 0 Å².